The lowest BCUT2D eigenvalue weighted by atomic mass is 10.1. The van der Waals surface area contributed by atoms with Crippen LogP contribution in [0.2, 0.25) is 0 Å². The number of anilines is 1. The van der Waals surface area contributed by atoms with Gasteiger partial charge in [-0.15, -0.1) is 0 Å². The van der Waals surface area contributed by atoms with Crippen LogP contribution >= 0.6 is 0 Å². The summed E-state index contributed by atoms with van der Waals surface area (Å²) in [4.78, 5) is 11.8. The molecule has 2 N–H and O–H groups in total. The minimum atomic E-state index is -4.84. The number of carbonyl (C=O) groups excluding carboxylic acids is 1. The summed E-state index contributed by atoms with van der Waals surface area (Å²) in [6, 6.07) is 4.42. The summed E-state index contributed by atoms with van der Waals surface area (Å²) >= 11 is 0. The number of amides is 1. The highest BCUT2D eigenvalue weighted by molar-refractivity contribution is 5.95. The molecule has 0 radical (unpaired) electrons. The van der Waals surface area contributed by atoms with E-state index in [1.54, 1.807) is 5.43 Å². The summed E-state index contributed by atoms with van der Waals surface area (Å²) in [7, 11) is 0. The van der Waals surface area contributed by atoms with Gasteiger partial charge in [0.05, 0.1) is 28.4 Å². The van der Waals surface area contributed by atoms with Crippen molar-refractivity contribution in [2.24, 2.45) is 0 Å². The Hall–Kier alpha value is -3.22. The van der Waals surface area contributed by atoms with Gasteiger partial charge in [0.25, 0.3) is 5.91 Å². The fraction of sp³-hybridized carbons (Fsp3) is 0.0667. The van der Waals surface area contributed by atoms with Gasteiger partial charge in [-0.1, -0.05) is 0 Å². The molecule has 0 spiro atoms. The molecule has 25 heavy (non-hydrogen) atoms. The first-order valence-electron chi connectivity index (χ1n) is 6.45. The van der Waals surface area contributed by atoms with Crippen molar-refractivity contribution in [1.82, 2.24) is 5.43 Å². The average Bonchev–Trinajstić information content (AvgIpc) is 2.55. The van der Waals surface area contributed by atoms with Gasteiger partial charge < -0.3 is 0 Å². The van der Waals surface area contributed by atoms with Crippen molar-refractivity contribution in [1.29, 1.82) is 5.26 Å². The number of nitriles is 1. The molecule has 0 atom stereocenters. The first-order valence-corrected chi connectivity index (χ1v) is 6.45. The third-order valence-electron chi connectivity index (χ3n) is 3.02. The lowest BCUT2D eigenvalue weighted by Crippen LogP contribution is -2.31. The number of hydrogen-bond acceptors (Lipinski definition) is 3. The minimum absolute atomic E-state index is 0.132. The summed E-state index contributed by atoms with van der Waals surface area (Å²) in [6.45, 7) is 0. The Kier molecular flexibility index (Phi) is 4.87. The Morgan fingerprint density at radius 2 is 1.64 bits per heavy atom. The van der Waals surface area contributed by atoms with E-state index in [1.165, 1.54) is 6.07 Å². The molecule has 0 aliphatic carbocycles. The minimum Gasteiger partial charge on any atom is -0.298 e. The largest absolute Gasteiger partial charge is 0.418 e. The molecule has 0 saturated carbocycles. The Labute approximate surface area is 136 Å². The van der Waals surface area contributed by atoms with E-state index in [-0.39, 0.29) is 17.7 Å². The van der Waals surface area contributed by atoms with Crippen molar-refractivity contribution in [3.63, 3.8) is 0 Å². The molecule has 130 valence electrons. The molecular formula is C15H7F6N3O. The summed E-state index contributed by atoms with van der Waals surface area (Å²) in [5.41, 5.74) is 0.620. The maximum Gasteiger partial charge on any atom is 0.418 e. The van der Waals surface area contributed by atoms with Crippen LogP contribution in [0.5, 0.6) is 0 Å². The van der Waals surface area contributed by atoms with E-state index in [0.29, 0.717) is 6.07 Å². The van der Waals surface area contributed by atoms with Crippen LogP contribution in [0.4, 0.5) is 32.0 Å². The lowest BCUT2D eigenvalue weighted by molar-refractivity contribution is -0.137. The fourth-order valence-corrected chi connectivity index (χ4v) is 1.85. The summed E-state index contributed by atoms with van der Waals surface area (Å²) < 4.78 is 78.2. The normalized spacial score (nSPS) is 10.9. The number of hydrazine groups is 1. The van der Waals surface area contributed by atoms with Crippen LogP contribution in [-0.2, 0) is 6.18 Å². The van der Waals surface area contributed by atoms with Crippen LogP contribution < -0.4 is 10.9 Å². The van der Waals surface area contributed by atoms with Crippen molar-refractivity contribution < 1.29 is 31.1 Å². The zero-order chi connectivity index (χ0) is 18.8. The Morgan fingerprint density at radius 3 is 2.24 bits per heavy atom. The van der Waals surface area contributed by atoms with E-state index in [1.807, 2.05) is 5.43 Å². The van der Waals surface area contributed by atoms with Crippen LogP contribution in [0, 0.1) is 28.8 Å². The molecule has 0 unspecified atom stereocenters. The van der Waals surface area contributed by atoms with Crippen molar-refractivity contribution in [2.75, 3.05) is 5.43 Å². The van der Waals surface area contributed by atoms with Crippen molar-refractivity contribution in [2.45, 2.75) is 6.18 Å². The molecule has 1 amide bonds. The van der Waals surface area contributed by atoms with E-state index in [0.717, 1.165) is 12.1 Å². The molecule has 0 aliphatic heterocycles. The molecule has 0 fully saturated rings. The third kappa shape index (κ3) is 4.00. The molecule has 2 rings (SSSR count). The number of halogens is 6. The molecule has 0 aromatic heterocycles. The molecule has 2 aromatic carbocycles. The predicted molar refractivity (Wildman–Crippen MR) is 73.6 cm³/mol. The Bertz CT molecular complexity index is 873. The van der Waals surface area contributed by atoms with Crippen molar-refractivity contribution >= 4 is 11.6 Å². The molecular weight excluding hydrogens is 352 g/mol. The van der Waals surface area contributed by atoms with Gasteiger partial charge >= 0.3 is 6.18 Å². The van der Waals surface area contributed by atoms with Gasteiger partial charge in [0.1, 0.15) is 5.82 Å². The van der Waals surface area contributed by atoms with E-state index >= 15 is 0 Å². The van der Waals surface area contributed by atoms with Crippen molar-refractivity contribution in [3.05, 3.63) is 64.5 Å². The van der Waals surface area contributed by atoms with Gasteiger partial charge in [0.2, 0.25) is 0 Å². The highest BCUT2D eigenvalue weighted by Crippen LogP contribution is 2.35. The number of hydrogen-bond donors (Lipinski definition) is 2. The molecule has 10 heteroatoms. The molecule has 0 bridgehead atoms. The number of nitrogens with one attached hydrogen (secondary N) is 2. The molecule has 2 aromatic rings. The van der Waals surface area contributed by atoms with Crippen LogP contribution in [0.1, 0.15) is 21.5 Å². The monoisotopic (exact) mass is 359 g/mol. The zero-order valence-corrected chi connectivity index (χ0v) is 12.0. The van der Waals surface area contributed by atoms with Gasteiger partial charge in [-0.2, -0.15) is 18.4 Å². The second-order valence-corrected chi connectivity index (χ2v) is 4.70. The van der Waals surface area contributed by atoms with Gasteiger partial charge in [-0.05, 0) is 24.3 Å². The maximum atomic E-state index is 13.5. The van der Waals surface area contributed by atoms with Gasteiger partial charge in [-0.25, -0.2) is 13.2 Å². The smallest absolute Gasteiger partial charge is 0.298 e. The number of carbonyl (C=O) groups is 1. The highest BCUT2D eigenvalue weighted by atomic mass is 19.4. The Balaban J connectivity index is 2.26. The molecule has 4 nitrogen and oxygen atoms in total. The zero-order valence-electron chi connectivity index (χ0n) is 12.0. The quantitative estimate of drug-likeness (QED) is 0.498. The van der Waals surface area contributed by atoms with E-state index in [9.17, 15) is 31.1 Å². The van der Waals surface area contributed by atoms with Gasteiger partial charge in [0.15, 0.2) is 11.6 Å². The number of benzene rings is 2. The van der Waals surface area contributed by atoms with Crippen LogP contribution in [0.3, 0.4) is 0 Å². The first kappa shape index (κ1) is 18.1. The SMILES string of the molecule is N#Cc1ccc(NNC(=O)c2cc(F)c(F)cc2F)c(C(F)(F)F)c1. The fourth-order valence-electron chi connectivity index (χ4n) is 1.85. The number of alkyl halides is 3. The van der Waals surface area contributed by atoms with Crippen molar-refractivity contribution in [3.8, 4) is 6.07 Å². The molecule has 0 saturated heterocycles. The van der Waals surface area contributed by atoms with E-state index in [2.05, 4.69) is 0 Å². The van der Waals surface area contributed by atoms with Gasteiger partial charge in [-0.3, -0.25) is 15.6 Å². The summed E-state index contributed by atoms with van der Waals surface area (Å²) in [6.07, 6.45) is -4.84. The van der Waals surface area contributed by atoms with E-state index in [4.69, 9.17) is 5.26 Å². The van der Waals surface area contributed by atoms with Crippen LogP contribution in [0.25, 0.3) is 0 Å². The first-order chi connectivity index (χ1) is 11.6. The number of rotatable bonds is 3. The molecule has 0 aliphatic rings. The Morgan fingerprint density at radius 1 is 1.00 bits per heavy atom. The molecule has 0 heterocycles. The van der Waals surface area contributed by atoms with E-state index < -0.39 is 46.3 Å². The average molecular weight is 359 g/mol. The lowest BCUT2D eigenvalue weighted by Gasteiger charge is -2.15. The summed E-state index contributed by atoms with van der Waals surface area (Å²) in [5.74, 6) is -5.74. The topological polar surface area (TPSA) is 64.9 Å². The van der Waals surface area contributed by atoms with Crippen LogP contribution in [0.15, 0.2) is 30.3 Å². The predicted octanol–water partition coefficient (Wildman–Crippen LogP) is 3.75. The number of nitrogens with zero attached hydrogens (tertiary/aromatic N) is 1. The highest BCUT2D eigenvalue weighted by Gasteiger charge is 2.34. The standard InChI is InChI=1S/C15H7F6N3O/c16-10-5-12(18)11(17)4-8(10)14(25)24-23-13-2-1-7(6-22)3-9(13)15(19,20)21/h1-5,23H,(H,24,25). The third-order valence-corrected chi connectivity index (χ3v) is 3.02. The second-order valence-electron chi connectivity index (χ2n) is 4.70. The maximum absolute atomic E-state index is 13.5. The van der Waals surface area contributed by atoms with Crippen LogP contribution in [-0.4, -0.2) is 5.91 Å². The summed E-state index contributed by atoms with van der Waals surface area (Å²) in [5, 5.41) is 8.65. The second kappa shape index (κ2) is 6.72. The van der Waals surface area contributed by atoms with Gasteiger partial charge in [0, 0.05) is 6.07 Å².